The molecule has 0 aliphatic carbocycles. The fourth-order valence-corrected chi connectivity index (χ4v) is 3.07. The molecular weight excluding hydrogens is 270 g/mol. The summed E-state index contributed by atoms with van der Waals surface area (Å²) in [6.07, 6.45) is 2.69. The summed E-state index contributed by atoms with van der Waals surface area (Å²) in [7, 11) is 0. The number of rotatable bonds is 6. The second-order valence-corrected chi connectivity index (χ2v) is 6.26. The average molecular weight is 291 g/mol. The van der Waals surface area contributed by atoms with Crippen LogP contribution in [0.4, 0.5) is 5.95 Å². The number of anilines is 1. The maximum absolute atomic E-state index is 5.52. The first kappa shape index (κ1) is 14.8. The highest BCUT2D eigenvalue weighted by Crippen LogP contribution is 2.28. The first-order chi connectivity index (χ1) is 9.60. The van der Waals surface area contributed by atoms with E-state index in [0.717, 1.165) is 6.42 Å². The van der Waals surface area contributed by atoms with Crippen molar-refractivity contribution in [3.05, 3.63) is 33.6 Å². The van der Waals surface area contributed by atoms with Gasteiger partial charge in [-0.1, -0.05) is 6.92 Å². The second-order valence-electron chi connectivity index (χ2n) is 4.80. The molecule has 0 aliphatic heterocycles. The van der Waals surface area contributed by atoms with Crippen molar-refractivity contribution in [2.75, 3.05) is 11.9 Å². The van der Waals surface area contributed by atoms with Gasteiger partial charge < -0.3 is 10.1 Å². The first-order valence-corrected chi connectivity index (χ1v) is 7.71. The zero-order chi connectivity index (χ0) is 14.5. The summed E-state index contributed by atoms with van der Waals surface area (Å²) in [6.45, 7) is 9.15. The standard InChI is InChI=1S/C15H21N3OS/c1-5-8-19-14-6-7-16-15(18-14)17-11(3)13-9-10(2)20-12(13)4/h6-7,9,11H,5,8H2,1-4H3,(H,16,17,18). The van der Waals surface area contributed by atoms with Gasteiger partial charge in [-0.15, -0.1) is 11.3 Å². The topological polar surface area (TPSA) is 47.0 Å². The summed E-state index contributed by atoms with van der Waals surface area (Å²) >= 11 is 1.82. The van der Waals surface area contributed by atoms with Gasteiger partial charge >= 0.3 is 0 Å². The fourth-order valence-electron chi connectivity index (χ4n) is 2.05. The van der Waals surface area contributed by atoms with Gasteiger partial charge in [-0.25, -0.2) is 4.98 Å². The van der Waals surface area contributed by atoms with E-state index in [9.17, 15) is 0 Å². The Morgan fingerprint density at radius 2 is 2.20 bits per heavy atom. The van der Waals surface area contributed by atoms with Crippen LogP contribution in [0, 0.1) is 13.8 Å². The van der Waals surface area contributed by atoms with Crippen LogP contribution in [-0.2, 0) is 0 Å². The Labute approximate surface area is 124 Å². The lowest BCUT2D eigenvalue weighted by molar-refractivity contribution is 0.305. The van der Waals surface area contributed by atoms with Crippen molar-refractivity contribution in [3.63, 3.8) is 0 Å². The molecule has 0 bridgehead atoms. The molecule has 1 unspecified atom stereocenters. The summed E-state index contributed by atoms with van der Waals surface area (Å²) in [5.41, 5.74) is 1.30. The number of ether oxygens (including phenoxy) is 1. The summed E-state index contributed by atoms with van der Waals surface area (Å²) in [5.74, 6) is 1.23. The molecule has 2 rings (SSSR count). The van der Waals surface area contributed by atoms with Crippen molar-refractivity contribution in [1.82, 2.24) is 9.97 Å². The van der Waals surface area contributed by atoms with Gasteiger partial charge in [-0.3, -0.25) is 0 Å². The molecule has 2 aromatic rings. The van der Waals surface area contributed by atoms with Gasteiger partial charge in [-0.05, 0) is 38.8 Å². The van der Waals surface area contributed by atoms with Crippen LogP contribution >= 0.6 is 11.3 Å². The van der Waals surface area contributed by atoms with Crippen LogP contribution in [0.25, 0.3) is 0 Å². The molecule has 1 atom stereocenters. The molecule has 0 aliphatic rings. The van der Waals surface area contributed by atoms with Crippen LogP contribution in [0.3, 0.4) is 0 Å². The number of thiophene rings is 1. The molecule has 108 valence electrons. The molecule has 0 saturated heterocycles. The quantitative estimate of drug-likeness (QED) is 0.869. The monoisotopic (exact) mass is 291 g/mol. The van der Waals surface area contributed by atoms with Crippen molar-refractivity contribution in [2.45, 2.75) is 40.2 Å². The maximum Gasteiger partial charge on any atom is 0.226 e. The Balaban J connectivity index is 2.07. The molecule has 0 aromatic carbocycles. The Morgan fingerprint density at radius 3 is 2.85 bits per heavy atom. The molecule has 0 amide bonds. The van der Waals surface area contributed by atoms with E-state index in [1.54, 1.807) is 12.3 Å². The first-order valence-electron chi connectivity index (χ1n) is 6.89. The summed E-state index contributed by atoms with van der Waals surface area (Å²) in [6, 6.07) is 4.18. The van der Waals surface area contributed by atoms with Crippen molar-refractivity contribution >= 4 is 17.3 Å². The van der Waals surface area contributed by atoms with Crippen molar-refractivity contribution < 1.29 is 4.74 Å². The Hall–Kier alpha value is -1.62. The third-order valence-electron chi connectivity index (χ3n) is 2.98. The van der Waals surface area contributed by atoms with Gasteiger partial charge in [0, 0.05) is 22.0 Å². The van der Waals surface area contributed by atoms with E-state index >= 15 is 0 Å². The minimum atomic E-state index is 0.182. The van der Waals surface area contributed by atoms with E-state index in [4.69, 9.17) is 4.74 Å². The van der Waals surface area contributed by atoms with E-state index in [1.165, 1.54) is 15.3 Å². The number of aryl methyl sites for hydroxylation is 2. The highest BCUT2D eigenvalue weighted by atomic mass is 32.1. The molecule has 20 heavy (non-hydrogen) atoms. The minimum Gasteiger partial charge on any atom is -0.478 e. The lowest BCUT2D eigenvalue weighted by Gasteiger charge is -2.14. The van der Waals surface area contributed by atoms with Crippen molar-refractivity contribution in [2.24, 2.45) is 0 Å². The Morgan fingerprint density at radius 1 is 1.40 bits per heavy atom. The van der Waals surface area contributed by atoms with Crippen molar-refractivity contribution in [1.29, 1.82) is 0 Å². The molecule has 2 aromatic heterocycles. The zero-order valence-corrected chi connectivity index (χ0v) is 13.3. The van der Waals surface area contributed by atoms with E-state index in [1.807, 2.05) is 11.3 Å². The molecule has 5 heteroatoms. The van der Waals surface area contributed by atoms with Gasteiger partial charge in [0.15, 0.2) is 0 Å². The van der Waals surface area contributed by atoms with Crippen LogP contribution in [0.5, 0.6) is 5.88 Å². The van der Waals surface area contributed by atoms with Crippen LogP contribution in [0.2, 0.25) is 0 Å². The third kappa shape index (κ3) is 3.70. The molecule has 0 spiro atoms. The lowest BCUT2D eigenvalue weighted by atomic mass is 10.1. The summed E-state index contributed by atoms with van der Waals surface area (Å²) < 4.78 is 5.52. The van der Waals surface area contributed by atoms with E-state index in [0.29, 0.717) is 18.4 Å². The Kier molecular flexibility index (Phi) is 4.95. The van der Waals surface area contributed by atoms with Crippen LogP contribution in [-0.4, -0.2) is 16.6 Å². The number of aromatic nitrogens is 2. The Bertz CT molecular complexity index is 568. The summed E-state index contributed by atoms with van der Waals surface area (Å²) in [5, 5.41) is 3.33. The molecule has 0 radical (unpaired) electrons. The number of nitrogens with one attached hydrogen (secondary N) is 1. The minimum absolute atomic E-state index is 0.182. The predicted octanol–water partition coefficient (Wildman–Crippen LogP) is 4.12. The number of hydrogen-bond donors (Lipinski definition) is 1. The average Bonchev–Trinajstić information content (AvgIpc) is 2.76. The van der Waals surface area contributed by atoms with Crippen LogP contribution in [0.1, 0.15) is 41.6 Å². The number of hydrogen-bond acceptors (Lipinski definition) is 5. The SMILES string of the molecule is CCCOc1ccnc(NC(C)c2cc(C)sc2C)n1. The fraction of sp³-hybridized carbons (Fsp3) is 0.467. The van der Waals surface area contributed by atoms with Crippen LogP contribution in [0.15, 0.2) is 18.3 Å². The summed E-state index contributed by atoms with van der Waals surface area (Å²) in [4.78, 5) is 11.3. The predicted molar refractivity (Wildman–Crippen MR) is 83.6 cm³/mol. The highest BCUT2D eigenvalue weighted by molar-refractivity contribution is 7.12. The third-order valence-corrected chi connectivity index (χ3v) is 3.96. The van der Waals surface area contributed by atoms with Crippen LogP contribution < -0.4 is 10.1 Å². The maximum atomic E-state index is 5.52. The van der Waals surface area contributed by atoms with Gasteiger partial charge in [0.2, 0.25) is 11.8 Å². The molecule has 0 saturated carbocycles. The molecular formula is C15H21N3OS. The van der Waals surface area contributed by atoms with Gasteiger partial charge in [0.1, 0.15) is 0 Å². The van der Waals surface area contributed by atoms with Gasteiger partial charge in [-0.2, -0.15) is 4.98 Å². The molecule has 0 fully saturated rings. The smallest absolute Gasteiger partial charge is 0.226 e. The molecule has 2 heterocycles. The van der Waals surface area contributed by atoms with Gasteiger partial charge in [0.05, 0.1) is 12.6 Å². The highest BCUT2D eigenvalue weighted by Gasteiger charge is 2.12. The lowest BCUT2D eigenvalue weighted by Crippen LogP contribution is -2.10. The van der Waals surface area contributed by atoms with E-state index in [-0.39, 0.29) is 6.04 Å². The second kappa shape index (κ2) is 6.70. The number of nitrogens with zero attached hydrogens (tertiary/aromatic N) is 2. The zero-order valence-electron chi connectivity index (χ0n) is 12.4. The molecule has 1 N–H and O–H groups in total. The molecule has 4 nitrogen and oxygen atoms in total. The largest absolute Gasteiger partial charge is 0.478 e. The van der Waals surface area contributed by atoms with Gasteiger partial charge in [0.25, 0.3) is 0 Å². The van der Waals surface area contributed by atoms with E-state index in [2.05, 4.69) is 49.0 Å². The van der Waals surface area contributed by atoms with E-state index < -0.39 is 0 Å². The normalized spacial score (nSPS) is 12.2. The van der Waals surface area contributed by atoms with Crippen molar-refractivity contribution in [3.8, 4) is 5.88 Å².